The van der Waals surface area contributed by atoms with Gasteiger partial charge in [-0.1, -0.05) is 0 Å². The molecular weight excluding hydrogens is 244 g/mol. The first-order valence-corrected chi connectivity index (χ1v) is 4.07. The van der Waals surface area contributed by atoms with E-state index >= 15 is 0 Å². The number of aromatic nitrogens is 2. The Morgan fingerprint density at radius 2 is 1.86 bits per heavy atom. The van der Waals surface area contributed by atoms with Crippen LogP contribution in [0.5, 0.6) is 5.75 Å². The van der Waals surface area contributed by atoms with Gasteiger partial charge in [0, 0.05) is 18.1 Å². The summed E-state index contributed by atoms with van der Waals surface area (Å²) in [5, 5.41) is 9.10. The largest absolute Gasteiger partial charge is 0.508 e. The summed E-state index contributed by atoms with van der Waals surface area (Å²) < 4.78 is 1.96. The van der Waals surface area contributed by atoms with Gasteiger partial charge in [0.15, 0.2) is 0 Å². The van der Waals surface area contributed by atoms with Crippen molar-refractivity contribution in [1.29, 1.82) is 0 Å². The van der Waals surface area contributed by atoms with E-state index in [4.69, 9.17) is 5.11 Å². The van der Waals surface area contributed by atoms with E-state index in [0.717, 1.165) is 11.5 Å². The van der Waals surface area contributed by atoms with Crippen LogP contribution in [0.1, 0.15) is 5.82 Å². The summed E-state index contributed by atoms with van der Waals surface area (Å²) >= 11 is 0. The normalized spacial score (nSPS) is 9.50. The average Bonchev–Trinajstić information content (AvgIpc) is 2.53. The molecule has 1 heterocycles. The molecule has 0 fully saturated rings. The second kappa shape index (κ2) is 4.28. The van der Waals surface area contributed by atoms with Crippen LogP contribution in [-0.4, -0.2) is 14.7 Å². The van der Waals surface area contributed by atoms with Crippen molar-refractivity contribution in [1.82, 2.24) is 9.55 Å². The van der Waals surface area contributed by atoms with Gasteiger partial charge in [-0.05, 0) is 31.2 Å². The fourth-order valence-electron chi connectivity index (χ4n) is 1.26. The summed E-state index contributed by atoms with van der Waals surface area (Å²) in [7, 11) is 0. The first kappa shape index (κ1) is 10.8. The van der Waals surface area contributed by atoms with E-state index in [1.165, 1.54) is 0 Å². The van der Waals surface area contributed by atoms with Crippen LogP contribution in [0.4, 0.5) is 0 Å². The van der Waals surface area contributed by atoms with E-state index in [9.17, 15) is 0 Å². The average molecular weight is 255 g/mol. The van der Waals surface area contributed by atoms with Crippen LogP contribution in [-0.2, 0) is 0 Å². The second-order valence-electron chi connectivity index (χ2n) is 2.86. The minimum atomic E-state index is 0. The molecule has 1 aromatic carbocycles. The van der Waals surface area contributed by atoms with E-state index in [1.54, 1.807) is 18.3 Å². The Hall–Kier alpha value is -1.29. The molecule has 1 aromatic heterocycles. The van der Waals surface area contributed by atoms with Crippen molar-refractivity contribution in [2.24, 2.45) is 0 Å². The SMILES string of the molecule is Br.Cc1nccn1-c1ccc(O)cc1. The summed E-state index contributed by atoms with van der Waals surface area (Å²) in [4.78, 5) is 4.12. The maximum absolute atomic E-state index is 9.10. The van der Waals surface area contributed by atoms with Gasteiger partial charge in [0.05, 0.1) is 0 Å². The molecule has 0 aliphatic heterocycles. The molecular formula is C10H11BrN2O. The van der Waals surface area contributed by atoms with Gasteiger partial charge >= 0.3 is 0 Å². The van der Waals surface area contributed by atoms with E-state index in [-0.39, 0.29) is 22.7 Å². The first-order valence-electron chi connectivity index (χ1n) is 4.07. The van der Waals surface area contributed by atoms with Crippen molar-refractivity contribution in [3.8, 4) is 11.4 Å². The number of aryl methyl sites for hydroxylation is 1. The van der Waals surface area contributed by atoms with Crippen molar-refractivity contribution in [3.05, 3.63) is 42.5 Å². The molecule has 74 valence electrons. The molecule has 14 heavy (non-hydrogen) atoms. The third-order valence-electron chi connectivity index (χ3n) is 1.95. The molecule has 0 bridgehead atoms. The molecule has 0 aliphatic carbocycles. The number of imidazole rings is 1. The molecule has 2 rings (SSSR count). The maximum atomic E-state index is 9.10. The van der Waals surface area contributed by atoms with Crippen molar-refractivity contribution < 1.29 is 5.11 Å². The van der Waals surface area contributed by atoms with Crippen LogP contribution in [0.15, 0.2) is 36.7 Å². The van der Waals surface area contributed by atoms with E-state index < -0.39 is 0 Å². The van der Waals surface area contributed by atoms with Gasteiger partial charge in [-0.3, -0.25) is 0 Å². The van der Waals surface area contributed by atoms with E-state index in [1.807, 2.05) is 29.8 Å². The summed E-state index contributed by atoms with van der Waals surface area (Å²) in [6.07, 6.45) is 3.64. The van der Waals surface area contributed by atoms with Gasteiger partial charge < -0.3 is 9.67 Å². The Balaban J connectivity index is 0.000000980. The predicted octanol–water partition coefficient (Wildman–Crippen LogP) is 2.46. The third kappa shape index (κ3) is 1.96. The van der Waals surface area contributed by atoms with Crippen molar-refractivity contribution in [2.75, 3.05) is 0 Å². The van der Waals surface area contributed by atoms with Gasteiger partial charge in [-0.2, -0.15) is 0 Å². The van der Waals surface area contributed by atoms with Crippen molar-refractivity contribution in [2.45, 2.75) is 6.92 Å². The summed E-state index contributed by atoms with van der Waals surface area (Å²) in [6, 6.07) is 7.03. The number of phenolic OH excluding ortho intramolecular Hbond substituents is 1. The number of hydrogen-bond acceptors (Lipinski definition) is 2. The number of phenols is 1. The number of rotatable bonds is 1. The van der Waals surface area contributed by atoms with Crippen molar-refractivity contribution >= 4 is 17.0 Å². The van der Waals surface area contributed by atoms with Crippen molar-refractivity contribution in [3.63, 3.8) is 0 Å². The lowest BCUT2D eigenvalue weighted by molar-refractivity contribution is 0.475. The second-order valence-corrected chi connectivity index (χ2v) is 2.86. The zero-order valence-corrected chi connectivity index (χ0v) is 9.43. The van der Waals surface area contributed by atoms with Crippen LogP contribution in [0, 0.1) is 6.92 Å². The number of halogens is 1. The minimum Gasteiger partial charge on any atom is -0.508 e. The lowest BCUT2D eigenvalue weighted by atomic mass is 10.3. The molecule has 0 saturated heterocycles. The molecule has 0 atom stereocenters. The molecule has 0 saturated carbocycles. The van der Waals surface area contributed by atoms with Crippen LogP contribution in [0.3, 0.4) is 0 Å². The fourth-order valence-corrected chi connectivity index (χ4v) is 1.26. The Kier molecular flexibility index (Phi) is 3.30. The maximum Gasteiger partial charge on any atom is 0.115 e. The highest BCUT2D eigenvalue weighted by Gasteiger charge is 1.98. The Morgan fingerprint density at radius 3 is 2.36 bits per heavy atom. The summed E-state index contributed by atoms with van der Waals surface area (Å²) in [6.45, 7) is 1.94. The topological polar surface area (TPSA) is 38.0 Å². The van der Waals surface area contributed by atoms with Gasteiger partial charge in [-0.25, -0.2) is 4.98 Å². The van der Waals surface area contributed by atoms with E-state index in [2.05, 4.69) is 4.98 Å². The molecule has 4 heteroatoms. The molecule has 0 unspecified atom stereocenters. The zero-order chi connectivity index (χ0) is 9.26. The molecule has 1 N–H and O–H groups in total. The third-order valence-corrected chi connectivity index (χ3v) is 1.95. The minimum absolute atomic E-state index is 0. The first-order chi connectivity index (χ1) is 6.27. The molecule has 3 nitrogen and oxygen atoms in total. The number of hydrogen-bond donors (Lipinski definition) is 1. The van der Waals surface area contributed by atoms with Gasteiger partial charge in [0.1, 0.15) is 11.6 Å². The smallest absolute Gasteiger partial charge is 0.115 e. The number of nitrogens with zero attached hydrogens (tertiary/aromatic N) is 2. The lowest BCUT2D eigenvalue weighted by Crippen LogP contribution is -1.94. The highest BCUT2D eigenvalue weighted by atomic mass is 79.9. The Morgan fingerprint density at radius 1 is 1.21 bits per heavy atom. The fraction of sp³-hybridized carbons (Fsp3) is 0.100. The Labute approximate surface area is 92.8 Å². The van der Waals surface area contributed by atoms with Gasteiger partial charge in [0.2, 0.25) is 0 Å². The molecule has 0 radical (unpaired) electrons. The lowest BCUT2D eigenvalue weighted by Gasteiger charge is -2.03. The van der Waals surface area contributed by atoms with Crippen LogP contribution in [0.2, 0.25) is 0 Å². The highest BCUT2D eigenvalue weighted by Crippen LogP contribution is 2.14. The summed E-state index contributed by atoms with van der Waals surface area (Å²) in [5.74, 6) is 1.22. The van der Waals surface area contributed by atoms with Crippen LogP contribution < -0.4 is 0 Å². The molecule has 0 aliphatic rings. The number of benzene rings is 1. The van der Waals surface area contributed by atoms with Crippen LogP contribution in [0.25, 0.3) is 5.69 Å². The van der Waals surface area contributed by atoms with E-state index in [0.29, 0.717) is 0 Å². The van der Waals surface area contributed by atoms with Crippen LogP contribution >= 0.6 is 17.0 Å². The predicted molar refractivity (Wildman–Crippen MR) is 60.3 cm³/mol. The van der Waals surface area contributed by atoms with Gasteiger partial charge in [-0.15, -0.1) is 17.0 Å². The summed E-state index contributed by atoms with van der Waals surface area (Å²) in [5.41, 5.74) is 1.01. The molecule has 0 amide bonds. The monoisotopic (exact) mass is 254 g/mol. The zero-order valence-electron chi connectivity index (χ0n) is 7.71. The highest BCUT2D eigenvalue weighted by molar-refractivity contribution is 8.93. The van der Waals surface area contributed by atoms with Gasteiger partial charge in [0.25, 0.3) is 0 Å². The number of aromatic hydroxyl groups is 1. The molecule has 2 aromatic rings. The standard InChI is InChI=1S/C10H10N2O.BrH/c1-8-11-6-7-12(8)9-2-4-10(13)5-3-9;/h2-7,13H,1H3;1H. The Bertz CT molecular complexity index is 408. The quantitative estimate of drug-likeness (QED) is 0.849. The molecule has 0 spiro atoms.